The van der Waals surface area contributed by atoms with Crippen LogP contribution in [0, 0.1) is 0 Å². The fourth-order valence-corrected chi connectivity index (χ4v) is 2.84. The minimum absolute atomic E-state index is 0.229. The van der Waals surface area contributed by atoms with Crippen molar-refractivity contribution in [3.05, 3.63) is 35.4 Å². The molecule has 0 spiro atoms. The molecular weight excluding hydrogens is 406 g/mol. The van der Waals surface area contributed by atoms with Crippen molar-refractivity contribution in [2.75, 3.05) is 85.8 Å². The highest BCUT2D eigenvalue weighted by Gasteiger charge is 2.34. The molecule has 1 aliphatic rings. The summed E-state index contributed by atoms with van der Waals surface area (Å²) in [4.78, 5) is 25.6. The molecule has 0 saturated heterocycles. The Hall–Kier alpha value is -1.88. The van der Waals surface area contributed by atoms with Gasteiger partial charge in [0.15, 0.2) is 0 Å². The zero-order chi connectivity index (χ0) is 22.2. The molecule has 0 atom stereocenters. The lowest BCUT2D eigenvalue weighted by molar-refractivity contribution is -0.0166. The SMILES string of the molecule is CCOCCOCCOCCOCCOCCOCCN1C(=O)c2ccccc2C1=O. The number of hydrogen-bond donors (Lipinski definition) is 0. The zero-order valence-electron chi connectivity index (χ0n) is 18.2. The predicted octanol–water partition coefficient (Wildman–Crippen LogP) is 1.40. The van der Waals surface area contributed by atoms with Gasteiger partial charge < -0.3 is 28.4 Å². The van der Waals surface area contributed by atoms with Crippen LogP contribution in [0.1, 0.15) is 27.6 Å². The van der Waals surface area contributed by atoms with Gasteiger partial charge in [-0.25, -0.2) is 0 Å². The lowest BCUT2D eigenvalue weighted by Gasteiger charge is -2.13. The molecule has 0 aromatic heterocycles. The van der Waals surface area contributed by atoms with Gasteiger partial charge in [0, 0.05) is 6.61 Å². The van der Waals surface area contributed by atoms with Crippen LogP contribution in [0.25, 0.3) is 0 Å². The number of carbonyl (C=O) groups excluding carboxylic acids is 2. The van der Waals surface area contributed by atoms with Gasteiger partial charge in [0.1, 0.15) is 0 Å². The van der Waals surface area contributed by atoms with Gasteiger partial charge in [-0.3, -0.25) is 14.5 Å². The molecule has 0 N–H and O–H groups in total. The smallest absolute Gasteiger partial charge is 0.261 e. The first-order valence-electron chi connectivity index (χ1n) is 10.7. The summed E-state index contributed by atoms with van der Waals surface area (Å²) in [5, 5.41) is 0. The van der Waals surface area contributed by atoms with Crippen LogP contribution in [0.2, 0.25) is 0 Å². The molecule has 31 heavy (non-hydrogen) atoms. The minimum atomic E-state index is -0.268. The van der Waals surface area contributed by atoms with Gasteiger partial charge in [0.2, 0.25) is 0 Å². The third kappa shape index (κ3) is 9.42. The Morgan fingerprint density at radius 2 is 0.935 bits per heavy atom. The molecule has 0 bridgehead atoms. The second-order valence-electron chi connectivity index (χ2n) is 6.57. The van der Waals surface area contributed by atoms with Gasteiger partial charge in [-0.05, 0) is 19.1 Å². The third-order valence-electron chi connectivity index (χ3n) is 4.40. The molecule has 0 fully saturated rings. The van der Waals surface area contributed by atoms with Gasteiger partial charge >= 0.3 is 0 Å². The minimum Gasteiger partial charge on any atom is -0.379 e. The molecule has 2 amide bonds. The number of fused-ring (bicyclic) bond motifs is 1. The van der Waals surface area contributed by atoms with Crippen LogP contribution in [-0.2, 0) is 28.4 Å². The fourth-order valence-electron chi connectivity index (χ4n) is 2.84. The van der Waals surface area contributed by atoms with E-state index in [4.69, 9.17) is 28.4 Å². The lowest BCUT2D eigenvalue weighted by Crippen LogP contribution is -2.33. The van der Waals surface area contributed by atoms with Crippen molar-refractivity contribution in [1.82, 2.24) is 4.90 Å². The average molecular weight is 440 g/mol. The number of nitrogens with zero attached hydrogens (tertiary/aromatic N) is 1. The summed E-state index contributed by atoms with van der Waals surface area (Å²) in [5.41, 5.74) is 0.902. The number of imide groups is 1. The largest absolute Gasteiger partial charge is 0.379 e. The maximum absolute atomic E-state index is 12.2. The number of ether oxygens (including phenoxy) is 6. The van der Waals surface area contributed by atoms with Gasteiger partial charge in [-0.15, -0.1) is 0 Å². The number of hydrogen-bond acceptors (Lipinski definition) is 8. The Morgan fingerprint density at radius 3 is 1.32 bits per heavy atom. The molecule has 0 radical (unpaired) electrons. The van der Waals surface area contributed by atoms with Crippen LogP contribution in [0.5, 0.6) is 0 Å². The van der Waals surface area contributed by atoms with Crippen LogP contribution >= 0.6 is 0 Å². The normalized spacial score (nSPS) is 13.3. The van der Waals surface area contributed by atoms with E-state index in [9.17, 15) is 9.59 Å². The van der Waals surface area contributed by atoms with E-state index >= 15 is 0 Å². The molecule has 2 rings (SSSR count). The van der Waals surface area contributed by atoms with Gasteiger partial charge in [0.25, 0.3) is 11.8 Å². The summed E-state index contributed by atoms with van der Waals surface area (Å²) in [6.07, 6.45) is 0. The number of amides is 2. The maximum Gasteiger partial charge on any atom is 0.261 e. The summed E-state index contributed by atoms with van der Waals surface area (Å²) in [7, 11) is 0. The average Bonchev–Trinajstić information content (AvgIpc) is 3.03. The van der Waals surface area contributed by atoms with Crippen molar-refractivity contribution >= 4 is 11.8 Å². The molecule has 1 aromatic carbocycles. The van der Waals surface area contributed by atoms with Gasteiger partial charge in [0.05, 0.1) is 90.3 Å². The topological polar surface area (TPSA) is 92.8 Å². The van der Waals surface area contributed by atoms with E-state index in [0.29, 0.717) is 83.8 Å². The summed E-state index contributed by atoms with van der Waals surface area (Å²) in [5.74, 6) is -0.536. The summed E-state index contributed by atoms with van der Waals surface area (Å²) in [6.45, 7) is 8.17. The third-order valence-corrected chi connectivity index (χ3v) is 4.40. The van der Waals surface area contributed by atoms with E-state index in [0.717, 1.165) is 0 Å². The van der Waals surface area contributed by atoms with E-state index in [-0.39, 0.29) is 25.0 Å². The first-order valence-corrected chi connectivity index (χ1v) is 10.7. The molecule has 1 aromatic rings. The van der Waals surface area contributed by atoms with Crippen LogP contribution < -0.4 is 0 Å². The Bertz CT molecular complexity index is 619. The van der Waals surface area contributed by atoms with Gasteiger partial charge in [-0.1, -0.05) is 12.1 Å². The highest BCUT2D eigenvalue weighted by molar-refractivity contribution is 6.21. The lowest BCUT2D eigenvalue weighted by atomic mass is 10.1. The first-order chi connectivity index (χ1) is 15.3. The highest BCUT2D eigenvalue weighted by Crippen LogP contribution is 2.21. The predicted molar refractivity (Wildman–Crippen MR) is 112 cm³/mol. The summed E-state index contributed by atoms with van der Waals surface area (Å²) in [6, 6.07) is 6.83. The molecule has 9 heteroatoms. The van der Waals surface area contributed by atoms with Crippen LogP contribution in [0.3, 0.4) is 0 Å². The zero-order valence-corrected chi connectivity index (χ0v) is 18.2. The van der Waals surface area contributed by atoms with Crippen molar-refractivity contribution < 1.29 is 38.0 Å². The second-order valence-corrected chi connectivity index (χ2v) is 6.57. The van der Waals surface area contributed by atoms with Crippen LogP contribution in [0.4, 0.5) is 0 Å². The molecule has 1 heterocycles. The van der Waals surface area contributed by atoms with E-state index in [1.54, 1.807) is 24.3 Å². The first kappa shape index (κ1) is 25.4. The molecule has 0 aliphatic carbocycles. The Balaban J connectivity index is 1.33. The van der Waals surface area contributed by atoms with Crippen molar-refractivity contribution in [3.8, 4) is 0 Å². The van der Waals surface area contributed by atoms with E-state index in [2.05, 4.69) is 0 Å². The van der Waals surface area contributed by atoms with Crippen molar-refractivity contribution in [2.45, 2.75) is 6.92 Å². The standard InChI is InChI=1S/C22H33NO8/c1-2-26-9-10-28-13-14-30-17-18-31-16-15-29-12-11-27-8-7-23-21(24)19-5-3-4-6-20(19)22(23)25/h3-6H,2,7-18H2,1H3. The van der Waals surface area contributed by atoms with Crippen LogP contribution in [-0.4, -0.2) is 103 Å². The number of benzene rings is 1. The fraction of sp³-hybridized carbons (Fsp3) is 0.636. The highest BCUT2D eigenvalue weighted by atomic mass is 16.6. The van der Waals surface area contributed by atoms with Crippen molar-refractivity contribution in [3.63, 3.8) is 0 Å². The van der Waals surface area contributed by atoms with Gasteiger partial charge in [-0.2, -0.15) is 0 Å². The molecule has 9 nitrogen and oxygen atoms in total. The van der Waals surface area contributed by atoms with Crippen molar-refractivity contribution in [2.24, 2.45) is 0 Å². The second kappa shape index (κ2) is 15.9. The number of rotatable bonds is 19. The number of carbonyl (C=O) groups is 2. The summed E-state index contributed by atoms with van der Waals surface area (Å²) < 4.78 is 32.2. The molecule has 0 saturated carbocycles. The molecule has 1 aliphatic heterocycles. The Labute approximate surface area is 183 Å². The van der Waals surface area contributed by atoms with E-state index < -0.39 is 0 Å². The molecular formula is C22H33NO8. The molecule has 174 valence electrons. The Morgan fingerprint density at radius 1 is 0.581 bits per heavy atom. The quantitative estimate of drug-likeness (QED) is 0.236. The van der Waals surface area contributed by atoms with Crippen molar-refractivity contribution in [1.29, 1.82) is 0 Å². The Kier molecular flexibility index (Phi) is 13.0. The van der Waals surface area contributed by atoms with Crippen LogP contribution in [0.15, 0.2) is 24.3 Å². The van der Waals surface area contributed by atoms with E-state index in [1.165, 1.54) is 4.90 Å². The monoisotopic (exact) mass is 439 g/mol. The maximum atomic E-state index is 12.2. The summed E-state index contributed by atoms with van der Waals surface area (Å²) >= 11 is 0. The van der Waals surface area contributed by atoms with E-state index in [1.807, 2.05) is 6.92 Å². The molecule has 0 unspecified atom stereocenters.